The monoisotopic (exact) mass is 215 g/mol. The van der Waals surface area contributed by atoms with Gasteiger partial charge in [0.05, 0.1) is 0 Å². The standard InChI is InChI=1S/C8H13N3O2S/c12-7(6-4-14-8(13)11-6)10-5-1-2-9-3-5/h5-6,9H,1-4H2,(H,10,12)(H,11,13)/t5-,6?/m0/s1. The second-order valence-corrected chi connectivity index (χ2v) is 4.49. The van der Waals surface area contributed by atoms with E-state index in [-0.39, 0.29) is 23.2 Å². The molecule has 2 heterocycles. The first-order valence-electron chi connectivity index (χ1n) is 4.70. The Hall–Kier alpha value is -0.750. The lowest BCUT2D eigenvalue weighted by Gasteiger charge is -2.14. The van der Waals surface area contributed by atoms with E-state index in [1.54, 1.807) is 0 Å². The van der Waals surface area contributed by atoms with Crippen LogP contribution in [0.25, 0.3) is 0 Å². The van der Waals surface area contributed by atoms with E-state index in [1.165, 1.54) is 11.8 Å². The van der Waals surface area contributed by atoms with Gasteiger partial charge in [0.15, 0.2) is 0 Å². The molecule has 0 radical (unpaired) electrons. The van der Waals surface area contributed by atoms with Gasteiger partial charge in [-0.15, -0.1) is 0 Å². The Labute approximate surface area is 86.4 Å². The van der Waals surface area contributed by atoms with E-state index < -0.39 is 0 Å². The molecule has 1 unspecified atom stereocenters. The largest absolute Gasteiger partial charge is 0.350 e. The number of nitrogens with one attached hydrogen (secondary N) is 3. The predicted octanol–water partition coefficient (Wildman–Crippen LogP) is -0.710. The van der Waals surface area contributed by atoms with Crippen LogP contribution in [0.5, 0.6) is 0 Å². The summed E-state index contributed by atoms with van der Waals surface area (Å²) in [4.78, 5) is 22.4. The molecular weight excluding hydrogens is 202 g/mol. The van der Waals surface area contributed by atoms with Gasteiger partial charge >= 0.3 is 0 Å². The molecule has 0 aromatic heterocycles. The van der Waals surface area contributed by atoms with Crippen LogP contribution < -0.4 is 16.0 Å². The molecule has 14 heavy (non-hydrogen) atoms. The zero-order valence-electron chi connectivity index (χ0n) is 7.71. The fourth-order valence-corrected chi connectivity index (χ4v) is 2.38. The number of hydrogen-bond donors (Lipinski definition) is 3. The third-order valence-corrected chi connectivity index (χ3v) is 3.28. The highest BCUT2D eigenvalue weighted by atomic mass is 32.2. The quantitative estimate of drug-likeness (QED) is 0.569. The van der Waals surface area contributed by atoms with E-state index >= 15 is 0 Å². The van der Waals surface area contributed by atoms with Crippen molar-refractivity contribution in [2.75, 3.05) is 18.8 Å². The van der Waals surface area contributed by atoms with Gasteiger partial charge in [-0.1, -0.05) is 11.8 Å². The summed E-state index contributed by atoms with van der Waals surface area (Å²) in [7, 11) is 0. The van der Waals surface area contributed by atoms with E-state index in [4.69, 9.17) is 0 Å². The molecule has 2 atom stereocenters. The van der Waals surface area contributed by atoms with Crippen molar-refractivity contribution in [2.24, 2.45) is 0 Å². The molecule has 2 fully saturated rings. The summed E-state index contributed by atoms with van der Waals surface area (Å²) in [6.45, 7) is 1.79. The Bertz CT molecular complexity index is 253. The molecule has 0 aromatic carbocycles. The van der Waals surface area contributed by atoms with Crippen molar-refractivity contribution in [2.45, 2.75) is 18.5 Å². The molecule has 2 aliphatic rings. The minimum Gasteiger partial charge on any atom is -0.350 e. The Morgan fingerprint density at radius 1 is 1.57 bits per heavy atom. The summed E-state index contributed by atoms with van der Waals surface area (Å²) >= 11 is 1.17. The average Bonchev–Trinajstić information content (AvgIpc) is 2.75. The lowest BCUT2D eigenvalue weighted by atomic mass is 10.2. The van der Waals surface area contributed by atoms with Crippen molar-refractivity contribution in [1.82, 2.24) is 16.0 Å². The van der Waals surface area contributed by atoms with Crippen LogP contribution in [0.2, 0.25) is 0 Å². The van der Waals surface area contributed by atoms with Gasteiger partial charge in [-0.2, -0.15) is 0 Å². The maximum atomic E-state index is 11.6. The second-order valence-electron chi connectivity index (χ2n) is 3.49. The zero-order chi connectivity index (χ0) is 9.97. The van der Waals surface area contributed by atoms with E-state index in [2.05, 4.69) is 16.0 Å². The first kappa shape index (κ1) is 9.79. The zero-order valence-corrected chi connectivity index (χ0v) is 8.52. The molecule has 0 aliphatic carbocycles. The Morgan fingerprint density at radius 2 is 2.43 bits per heavy atom. The summed E-state index contributed by atoms with van der Waals surface area (Å²) in [5.74, 6) is 0.488. The lowest BCUT2D eigenvalue weighted by Crippen LogP contribution is -2.47. The van der Waals surface area contributed by atoms with Gasteiger partial charge in [0.2, 0.25) is 5.91 Å². The van der Waals surface area contributed by atoms with Crippen LogP contribution in [-0.4, -0.2) is 42.1 Å². The fraction of sp³-hybridized carbons (Fsp3) is 0.750. The highest BCUT2D eigenvalue weighted by Crippen LogP contribution is 2.13. The number of carbonyl (C=O) groups is 2. The molecule has 2 rings (SSSR count). The Kier molecular flexibility index (Phi) is 2.93. The summed E-state index contributed by atoms with van der Waals surface area (Å²) in [6.07, 6.45) is 0.972. The molecule has 2 amide bonds. The molecule has 2 aliphatic heterocycles. The van der Waals surface area contributed by atoms with Crippen LogP contribution in [0.15, 0.2) is 0 Å². The van der Waals surface area contributed by atoms with Gasteiger partial charge < -0.3 is 16.0 Å². The van der Waals surface area contributed by atoms with Gasteiger partial charge in [0.1, 0.15) is 6.04 Å². The highest BCUT2D eigenvalue weighted by molar-refractivity contribution is 8.14. The SMILES string of the molecule is O=C1NC(C(=O)N[C@H]2CCNC2)CS1. The van der Waals surface area contributed by atoms with Gasteiger partial charge in [-0.05, 0) is 13.0 Å². The molecule has 3 N–H and O–H groups in total. The van der Waals surface area contributed by atoms with Crippen LogP contribution >= 0.6 is 11.8 Å². The third kappa shape index (κ3) is 2.19. The predicted molar refractivity (Wildman–Crippen MR) is 54.2 cm³/mol. The molecule has 5 nitrogen and oxygen atoms in total. The molecular formula is C8H13N3O2S. The Balaban J connectivity index is 1.80. The number of amides is 2. The van der Waals surface area contributed by atoms with E-state index in [0.717, 1.165) is 19.5 Å². The fourth-order valence-electron chi connectivity index (χ4n) is 1.61. The number of hydrogen-bond acceptors (Lipinski definition) is 4. The van der Waals surface area contributed by atoms with Crippen molar-refractivity contribution in [1.29, 1.82) is 0 Å². The van der Waals surface area contributed by atoms with Crippen LogP contribution in [0.1, 0.15) is 6.42 Å². The van der Waals surface area contributed by atoms with E-state index in [1.807, 2.05) is 0 Å². The molecule has 0 spiro atoms. The van der Waals surface area contributed by atoms with Gasteiger partial charge in [0.25, 0.3) is 5.24 Å². The summed E-state index contributed by atoms with van der Waals surface area (Å²) in [6, 6.07) is -0.113. The van der Waals surface area contributed by atoms with Crippen LogP contribution in [0.4, 0.5) is 4.79 Å². The van der Waals surface area contributed by atoms with Crippen LogP contribution in [0, 0.1) is 0 Å². The molecule has 78 valence electrons. The smallest absolute Gasteiger partial charge is 0.279 e. The first-order valence-corrected chi connectivity index (χ1v) is 5.68. The topological polar surface area (TPSA) is 70.2 Å². The molecule has 6 heteroatoms. The summed E-state index contributed by atoms with van der Waals surface area (Å²) in [5.41, 5.74) is 0. The van der Waals surface area contributed by atoms with Crippen molar-refractivity contribution < 1.29 is 9.59 Å². The maximum Gasteiger partial charge on any atom is 0.279 e. The molecule has 0 aromatic rings. The third-order valence-electron chi connectivity index (χ3n) is 2.40. The second kappa shape index (κ2) is 4.18. The minimum absolute atomic E-state index is 0.0583. The Morgan fingerprint density at radius 3 is 3.00 bits per heavy atom. The van der Waals surface area contributed by atoms with E-state index in [9.17, 15) is 9.59 Å². The van der Waals surface area contributed by atoms with Gasteiger partial charge in [-0.3, -0.25) is 9.59 Å². The van der Waals surface area contributed by atoms with Crippen molar-refractivity contribution in [3.63, 3.8) is 0 Å². The van der Waals surface area contributed by atoms with E-state index in [0.29, 0.717) is 5.75 Å². The highest BCUT2D eigenvalue weighted by Gasteiger charge is 2.29. The van der Waals surface area contributed by atoms with Crippen molar-refractivity contribution in [3.8, 4) is 0 Å². The average molecular weight is 215 g/mol. The van der Waals surface area contributed by atoms with Crippen molar-refractivity contribution in [3.05, 3.63) is 0 Å². The number of rotatable bonds is 2. The first-order chi connectivity index (χ1) is 6.75. The van der Waals surface area contributed by atoms with Crippen molar-refractivity contribution >= 4 is 22.9 Å². The number of thioether (sulfide) groups is 1. The van der Waals surface area contributed by atoms with Gasteiger partial charge in [0, 0.05) is 18.3 Å². The summed E-state index contributed by atoms with van der Waals surface area (Å²) in [5, 5.41) is 8.60. The lowest BCUT2D eigenvalue weighted by molar-refractivity contribution is -0.122. The number of carbonyl (C=O) groups excluding carboxylic acids is 2. The van der Waals surface area contributed by atoms with Gasteiger partial charge in [-0.25, -0.2) is 0 Å². The molecule has 0 saturated carbocycles. The van der Waals surface area contributed by atoms with Crippen LogP contribution in [-0.2, 0) is 4.79 Å². The minimum atomic E-state index is -0.340. The van der Waals surface area contributed by atoms with Crippen LogP contribution in [0.3, 0.4) is 0 Å². The molecule has 2 saturated heterocycles. The normalized spacial score (nSPS) is 31.6. The maximum absolute atomic E-state index is 11.6. The molecule has 0 bridgehead atoms. The summed E-state index contributed by atoms with van der Waals surface area (Å²) < 4.78 is 0.